The molecule has 9 atom stereocenters. The first-order chi connectivity index (χ1) is 13.1. The maximum atomic E-state index is 12.0. The number of fused-ring (bicyclic) bond motifs is 1. The smallest absolute Gasteiger partial charge is 0.341 e. The van der Waals surface area contributed by atoms with E-state index in [-0.39, 0.29) is 11.1 Å². The van der Waals surface area contributed by atoms with Gasteiger partial charge in [-0.15, -0.1) is 0 Å². The molecular weight excluding hydrogens is 380 g/mol. The summed E-state index contributed by atoms with van der Waals surface area (Å²) in [6.45, 7) is 0.673. The van der Waals surface area contributed by atoms with E-state index in [0.29, 0.717) is 0 Å². The molecule has 11 nitrogen and oxygen atoms in total. The molecule has 0 aromatic carbocycles. The molecule has 0 spiro atoms. The van der Waals surface area contributed by atoms with E-state index in [1.165, 1.54) is 20.1 Å². The number of esters is 1. The van der Waals surface area contributed by atoms with Crippen molar-refractivity contribution in [1.82, 2.24) is 0 Å². The lowest BCUT2D eigenvalue weighted by molar-refractivity contribution is -0.343. The van der Waals surface area contributed by atoms with E-state index in [9.17, 15) is 35.4 Å². The van der Waals surface area contributed by atoms with Gasteiger partial charge in [0.25, 0.3) is 0 Å². The number of hydrogen-bond acceptors (Lipinski definition) is 11. The van der Waals surface area contributed by atoms with Gasteiger partial charge in [-0.05, 0) is 18.6 Å². The summed E-state index contributed by atoms with van der Waals surface area (Å²) in [4.78, 5) is 12.0. The summed E-state index contributed by atoms with van der Waals surface area (Å²) >= 11 is 0. The quantitative estimate of drug-likeness (QED) is 0.262. The van der Waals surface area contributed by atoms with Crippen LogP contribution in [-0.2, 0) is 23.7 Å². The van der Waals surface area contributed by atoms with Crippen molar-refractivity contribution >= 4 is 5.97 Å². The van der Waals surface area contributed by atoms with Crippen LogP contribution in [0.15, 0.2) is 23.5 Å². The lowest BCUT2D eigenvalue weighted by Crippen LogP contribution is -2.60. The molecule has 0 radical (unpaired) electrons. The van der Waals surface area contributed by atoms with Crippen molar-refractivity contribution in [2.24, 2.45) is 5.92 Å². The van der Waals surface area contributed by atoms with Gasteiger partial charge in [0.2, 0.25) is 6.29 Å². The number of carbonyl (C=O) groups excluding carboxylic acids is 1. The van der Waals surface area contributed by atoms with Crippen molar-refractivity contribution in [3.8, 4) is 0 Å². The molecule has 1 fully saturated rings. The van der Waals surface area contributed by atoms with Gasteiger partial charge in [0, 0.05) is 0 Å². The van der Waals surface area contributed by atoms with Crippen LogP contribution in [0.3, 0.4) is 0 Å². The maximum absolute atomic E-state index is 12.0. The molecule has 2 aliphatic heterocycles. The number of ether oxygens (including phenoxy) is 4. The van der Waals surface area contributed by atoms with Crippen molar-refractivity contribution in [2.75, 3.05) is 13.7 Å². The van der Waals surface area contributed by atoms with E-state index in [2.05, 4.69) is 4.74 Å². The zero-order valence-corrected chi connectivity index (χ0v) is 15.2. The van der Waals surface area contributed by atoms with Gasteiger partial charge in [0.1, 0.15) is 42.4 Å². The van der Waals surface area contributed by atoms with Gasteiger partial charge in [0.05, 0.1) is 25.2 Å². The second kappa shape index (κ2) is 7.69. The average Bonchev–Trinajstić information content (AvgIpc) is 2.91. The molecule has 28 heavy (non-hydrogen) atoms. The highest BCUT2D eigenvalue weighted by molar-refractivity contribution is 5.93. The summed E-state index contributed by atoms with van der Waals surface area (Å²) in [7, 11) is 1.17. The third-order valence-corrected chi connectivity index (χ3v) is 5.33. The number of hydrogen-bond donors (Lipinski definition) is 6. The summed E-state index contributed by atoms with van der Waals surface area (Å²) in [5.74, 6) is -1.80. The zero-order chi connectivity index (χ0) is 20.8. The minimum atomic E-state index is -1.79. The Hall–Kier alpha value is -1.57. The largest absolute Gasteiger partial charge is 0.471 e. The molecule has 0 aromatic rings. The van der Waals surface area contributed by atoms with Crippen LogP contribution in [0.1, 0.15) is 6.92 Å². The number of rotatable bonds is 4. The minimum absolute atomic E-state index is 0.0158. The molecule has 158 valence electrons. The van der Waals surface area contributed by atoms with Crippen molar-refractivity contribution in [3.05, 3.63) is 23.5 Å². The number of aliphatic hydroxyl groups is 6. The zero-order valence-electron chi connectivity index (χ0n) is 15.2. The highest BCUT2D eigenvalue weighted by Gasteiger charge is 2.56. The van der Waals surface area contributed by atoms with E-state index in [1.54, 1.807) is 0 Å². The van der Waals surface area contributed by atoms with E-state index in [4.69, 9.17) is 14.2 Å². The maximum Gasteiger partial charge on any atom is 0.341 e. The molecule has 0 saturated carbocycles. The normalized spacial score (nSPS) is 45.6. The fourth-order valence-electron chi connectivity index (χ4n) is 3.60. The average molecular weight is 404 g/mol. The lowest BCUT2D eigenvalue weighted by Gasteiger charge is -2.43. The van der Waals surface area contributed by atoms with Crippen LogP contribution < -0.4 is 0 Å². The summed E-state index contributed by atoms with van der Waals surface area (Å²) in [6, 6.07) is 0. The predicted molar refractivity (Wildman–Crippen MR) is 88.0 cm³/mol. The molecule has 11 heteroatoms. The SMILES string of the molecule is COC(=O)C1=CO[C@H](O[C@H]2O[C@@H](CO)[C@H](O)[C@@H](O)[C@@H]2O)[C@@H]2C1=C[C@H](O)[C@]2(C)O. The Morgan fingerprint density at radius 2 is 1.86 bits per heavy atom. The highest BCUT2D eigenvalue weighted by Crippen LogP contribution is 2.46. The third-order valence-electron chi connectivity index (χ3n) is 5.33. The molecule has 1 saturated heterocycles. The van der Waals surface area contributed by atoms with Crippen LogP contribution in [0.25, 0.3) is 0 Å². The molecule has 0 unspecified atom stereocenters. The standard InChI is InChI=1S/C17H24O11/c1-17(24)9(19)3-6-7(14(23)25-2)5-26-15(10(6)17)28-16-13(22)12(21)11(20)8(4-18)27-16/h3,5,8-13,15-16,18-22,24H,4H2,1-2H3/t8-,9-,10-,11-,12+,13-,15+,16+,17-/m0/s1. The van der Waals surface area contributed by atoms with Crippen LogP contribution in [-0.4, -0.2) is 99.0 Å². The van der Waals surface area contributed by atoms with Gasteiger partial charge in [-0.25, -0.2) is 4.79 Å². The van der Waals surface area contributed by atoms with Gasteiger partial charge >= 0.3 is 5.97 Å². The molecule has 0 bridgehead atoms. The van der Waals surface area contributed by atoms with E-state index >= 15 is 0 Å². The van der Waals surface area contributed by atoms with Gasteiger partial charge in [-0.2, -0.15) is 0 Å². The lowest BCUT2D eigenvalue weighted by atomic mass is 9.83. The summed E-state index contributed by atoms with van der Waals surface area (Å²) < 4.78 is 20.9. The van der Waals surface area contributed by atoms with E-state index in [0.717, 1.165) is 6.26 Å². The van der Waals surface area contributed by atoms with Crippen molar-refractivity contribution in [1.29, 1.82) is 0 Å². The topological polar surface area (TPSA) is 175 Å². The Morgan fingerprint density at radius 3 is 2.46 bits per heavy atom. The summed E-state index contributed by atoms with van der Waals surface area (Å²) in [5.41, 5.74) is -1.58. The summed E-state index contributed by atoms with van der Waals surface area (Å²) in [5, 5.41) is 60.1. The van der Waals surface area contributed by atoms with Crippen molar-refractivity contribution < 1.29 is 54.4 Å². The predicted octanol–water partition coefficient (Wildman–Crippen LogP) is -3.12. The van der Waals surface area contributed by atoms with Gasteiger partial charge in [-0.1, -0.05) is 0 Å². The highest BCUT2D eigenvalue weighted by atomic mass is 16.8. The van der Waals surface area contributed by atoms with Crippen LogP contribution in [0, 0.1) is 5.92 Å². The molecule has 2 heterocycles. The van der Waals surface area contributed by atoms with Crippen molar-refractivity contribution in [3.63, 3.8) is 0 Å². The Bertz CT molecular complexity index is 670. The molecule has 6 N–H and O–H groups in total. The Balaban J connectivity index is 1.87. The fraction of sp³-hybridized carbons (Fsp3) is 0.706. The molecular formula is C17H24O11. The fourth-order valence-corrected chi connectivity index (χ4v) is 3.60. The Morgan fingerprint density at radius 1 is 1.18 bits per heavy atom. The molecule has 3 aliphatic rings. The van der Waals surface area contributed by atoms with Crippen LogP contribution in [0.5, 0.6) is 0 Å². The van der Waals surface area contributed by atoms with Crippen LogP contribution in [0.4, 0.5) is 0 Å². The first-order valence-electron chi connectivity index (χ1n) is 8.65. The number of carbonyl (C=O) groups is 1. The number of aliphatic hydroxyl groups excluding tert-OH is 5. The van der Waals surface area contributed by atoms with Crippen LogP contribution >= 0.6 is 0 Å². The third kappa shape index (κ3) is 3.33. The molecule has 0 amide bonds. The van der Waals surface area contributed by atoms with Crippen LogP contribution in [0.2, 0.25) is 0 Å². The minimum Gasteiger partial charge on any atom is -0.471 e. The molecule has 0 aromatic heterocycles. The first-order valence-corrected chi connectivity index (χ1v) is 8.65. The number of methoxy groups -OCH3 is 1. The molecule has 1 aliphatic carbocycles. The first kappa shape index (κ1) is 21.1. The molecule has 3 rings (SSSR count). The van der Waals surface area contributed by atoms with Gasteiger partial charge < -0.3 is 49.6 Å². The van der Waals surface area contributed by atoms with E-state index < -0.39 is 67.2 Å². The monoisotopic (exact) mass is 404 g/mol. The second-order valence-corrected chi connectivity index (χ2v) is 7.13. The van der Waals surface area contributed by atoms with Crippen molar-refractivity contribution in [2.45, 2.75) is 55.6 Å². The second-order valence-electron chi connectivity index (χ2n) is 7.13. The summed E-state index contributed by atoms with van der Waals surface area (Å²) in [6.07, 6.45) is -7.99. The Kier molecular flexibility index (Phi) is 5.81. The van der Waals surface area contributed by atoms with Gasteiger partial charge in [0.15, 0.2) is 6.29 Å². The van der Waals surface area contributed by atoms with Gasteiger partial charge in [-0.3, -0.25) is 0 Å². The Labute approximate surface area is 160 Å². The van der Waals surface area contributed by atoms with E-state index in [1.807, 2.05) is 0 Å².